The molecule has 0 aromatic rings. The van der Waals surface area contributed by atoms with Crippen LogP contribution in [0.15, 0.2) is 9.47 Å². The molecule has 2 saturated carbocycles. The minimum Gasteiger partial charge on any atom is -0.331 e. The molecular formula is C15H17Br2NO3. The van der Waals surface area contributed by atoms with Crippen LogP contribution < -0.4 is 0 Å². The van der Waals surface area contributed by atoms with Crippen LogP contribution in [0.4, 0.5) is 0 Å². The second-order valence-electron chi connectivity index (χ2n) is 6.78. The molecule has 21 heavy (non-hydrogen) atoms. The van der Waals surface area contributed by atoms with Crippen molar-refractivity contribution in [1.82, 2.24) is 4.90 Å². The van der Waals surface area contributed by atoms with Crippen molar-refractivity contribution in [3.05, 3.63) is 9.47 Å². The third kappa shape index (κ3) is 2.54. The average Bonchev–Trinajstić information content (AvgIpc) is 3.23. The number of carbonyl (C=O) groups excluding carboxylic acids is 3. The summed E-state index contributed by atoms with van der Waals surface area (Å²) in [5.74, 6) is -1.92. The van der Waals surface area contributed by atoms with Gasteiger partial charge in [-0.05, 0) is 56.0 Å². The maximum Gasteiger partial charge on any atom is 0.241 e. The Balaban J connectivity index is 1.78. The number of halogens is 2. The molecule has 0 radical (unpaired) electrons. The van der Waals surface area contributed by atoms with E-state index in [0.717, 1.165) is 16.2 Å². The highest BCUT2D eigenvalue weighted by molar-refractivity contribution is 9.28. The number of amides is 1. The van der Waals surface area contributed by atoms with Crippen LogP contribution >= 0.6 is 31.9 Å². The van der Waals surface area contributed by atoms with Crippen LogP contribution in [0.25, 0.3) is 0 Å². The molecule has 0 aromatic heterocycles. The molecule has 1 amide bonds. The van der Waals surface area contributed by atoms with Gasteiger partial charge in [0.25, 0.3) is 0 Å². The maximum absolute atomic E-state index is 12.7. The minimum absolute atomic E-state index is 0.0642. The number of allylic oxidation sites excluding steroid dienone is 1. The Bertz CT molecular complexity index is 561. The Hall–Kier alpha value is -0.490. The van der Waals surface area contributed by atoms with Crippen molar-refractivity contribution in [3.63, 3.8) is 0 Å². The molecule has 3 aliphatic rings. The Labute approximate surface area is 140 Å². The summed E-state index contributed by atoms with van der Waals surface area (Å²) in [6, 6.07) is 0.193. The Kier molecular flexibility index (Phi) is 3.68. The van der Waals surface area contributed by atoms with Gasteiger partial charge in [-0.25, -0.2) is 0 Å². The van der Waals surface area contributed by atoms with Crippen molar-refractivity contribution in [2.45, 2.75) is 32.7 Å². The van der Waals surface area contributed by atoms with Crippen LogP contribution in [0.5, 0.6) is 0 Å². The van der Waals surface area contributed by atoms with Gasteiger partial charge in [0.15, 0.2) is 17.5 Å². The summed E-state index contributed by atoms with van der Waals surface area (Å²) < 4.78 is 0.798. The molecule has 3 fully saturated rings. The molecule has 3 atom stereocenters. The van der Waals surface area contributed by atoms with Crippen LogP contribution in [-0.4, -0.2) is 35.0 Å². The fourth-order valence-electron chi connectivity index (χ4n) is 3.46. The zero-order valence-corrected chi connectivity index (χ0v) is 15.1. The topological polar surface area (TPSA) is 54.5 Å². The number of carbonyl (C=O) groups is 3. The number of hydrogen-bond donors (Lipinski definition) is 0. The lowest BCUT2D eigenvalue weighted by atomic mass is 9.94. The van der Waals surface area contributed by atoms with E-state index < -0.39 is 5.92 Å². The van der Waals surface area contributed by atoms with E-state index in [-0.39, 0.29) is 47.3 Å². The van der Waals surface area contributed by atoms with E-state index in [0.29, 0.717) is 0 Å². The van der Waals surface area contributed by atoms with Gasteiger partial charge in [-0.15, -0.1) is 0 Å². The molecule has 0 aromatic carbocycles. The monoisotopic (exact) mass is 417 g/mol. The number of Topliss-reactive ketones (excluding diaryl/α,β-unsaturated/α-hetero) is 2. The lowest BCUT2D eigenvalue weighted by molar-refractivity contribution is -0.140. The second-order valence-corrected chi connectivity index (χ2v) is 9.55. The minimum atomic E-state index is -1.05. The maximum atomic E-state index is 12.7. The highest BCUT2D eigenvalue weighted by atomic mass is 79.9. The van der Waals surface area contributed by atoms with Gasteiger partial charge in [0.2, 0.25) is 5.91 Å². The van der Waals surface area contributed by atoms with E-state index in [4.69, 9.17) is 0 Å². The first-order valence-corrected chi connectivity index (χ1v) is 8.73. The molecule has 2 aliphatic carbocycles. The van der Waals surface area contributed by atoms with Gasteiger partial charge in [-0.3, -0.25) is 14.4 Å². The number of rotatable bonds is 4. The van der Waals surface area contributed by atoms with Crippen molar-refractivity contribution >= 4 is 49.3 Å². The highest BCUT2D eigenvalue weighted by Crippen LogP contribution is 2.61. The summed E-state index contributed by atoms with van der Waals surface area (Å²) in [5.41, 5.74) is -0.197. The number of hydrogen-bond acceptors (Lipinski definition) is 3. The van der Waals surface area contributed by atoms with Gasteiger partial charge in [-0.1, -0.05) is 19.9 Å². The summed E-state index contributed by atoms with van der Waals surface area (Å²) in [5, 5.41) is 0. The Morgan fingerprint density at radius 2 is 1.90 bits per heavy atom. The van der Waals surface area contributed by atoms with Gasteiger partial charge < -0.3 is 4.90 Å². The molecule has 4 nitrogen and oxygen atoms in total. The van der Waals surface area contributed by atoms with E-state index >= 15 is 0 Å². The normalized spacial score (nSPS) is 34.1. The van der Waals surface area contributed by atoms with Crippen LogP contribution in [0.2, 0.25) is 0 Å². The number of likely N-dealkylation sites (tertiary alicyclic amines) is 1. The molecule has 114 valence electrons. The Morgan fingerprint density at radius 1 is 1.29 bits per heavy atom. The van der Waals surface area contributed by atoms with E-state index in [1.54, 1.807) is 4.90 Å². The summed E-state index contributed by atoms with van der Waals surface area (Å²) in [6.07, 6.45) is 3.85. The van der Waals surface area contributed by atoms with Gasteiger partial charge in [0, 0.05) is 12.0 Å². The lowest BCUT2D eigenvalue weighted by Gasteiger charge is -2.13. The fraction of sp³-hybridized carbons (Fsp3) is 0.667. The summed E-state index contributed by atoms with van der Waals surface area (Å²) in [7, 11) is 0. The zero-order valence-electron chi connectivity index (χ0n) is 11.9. The fourth-order valence-corrected chi connectivity index (χ4v) is 4.03. The molecule has 0 bridgehead atoms. The van der Waals surface area contributed by atoms with E-state index in [2.05, 4.69) is 31.9 Å². The zero-order chi connectivity index (χ0) is 15.5. The molecule has 1 heterocycles. The van der Waals surface area contributed by atoms with Gasteiger partial charge in [0.1, 0.15) is 0 Å². The van der Waals surface area contributed by atoms with Gasteiger partial charge in [0.05, 0.1) is 9.94 Å². The molecule has 1 aliphatic heterocycles. The predicted molar refractivity (Wildman–Crippen MR) is 84.9 cm³/mol. The van der Waals surface area contributed by atoms with Crippen LogP contribution in [0.1, 0.15) is 26.7 Å². The first-order valence-electron chi connectivity index (χ1n) is 7.15. The largest absolute Gasteiger partial charge is 0.331 e. The average molecular weight is 419 g/mol. The molecule has 0 N–H and O–H groups in total. The van der Waals surface area contributed by atoms with Gasteiger partial charge in [-0.2, -0.15) is 0 Å². The molecule has 0 spiro atoms. The van der Waals surface area contributed by atoms with Crippen molar-refractivity contribution in [1.29, 1.82) is 0 Å². The number of nitrogens with zero attached hydrogens (tertiary/aromatic N) is 1. The van der Waals surface area contributed by atoms with Crippen molar-refractivity contribution in [2.24, 2.45) is 23.2 Å². The molecule has 6 heteroatoms. The molecular weight excluding hydrogens is 402 g/mol. The van der Waals surface area contributed by atoms with E-state index in [1.165, 1.54) is 0 Å². The molecule has 1 saturated heterocycles. The van der Waals surface area contributed by atoms with Crippen molar-refractivity contribution < 1.29 is 14.4 Å². The summed E-state index contributed by atoms with van der Waals surface area (Å²) in [4.78, 5) is 38.8. The first kappa shape index (κ1) is 15.4. The third-order valence-electron chi connectivity index (χ3n) is 4.97. The van der Waals surface area contributed by atoms with Crippen LogP contribution in [-0.2, 0) is 14.4 Å². The number of ketones is 2. The predicted octanol–water partition coefficient (Wildman–Crippen LogP) is 2.65. The smallest absolute Gasteiger partial charge is 0.241 e. The lowest BCUT2D eigenvalue weighted by Crippen LogP contribution is -2.33. The van der Waals surface area contributed by atoms with Crippen LogP contribution in [0.3, 0.4) is 0 Å². The van der Waals surface area contributed by atoms with E-state index in [1.807, 2.05) is 19.9 Å². The standard InChI is InChI=1S/C15H17Br2NO3/c1-15(2)8(5-10(16)17)12(15)13(20)11-9(19)6-18(14(11)21)7-3-4-7/h5,7-8,11-12H,3-4,6H2,1-2H3. The molecule has 3 rings (SSSR count). The Morgan fingerprint density at radius 3 is 2.43 bits per heavy atom. The van der Waals surface area contributed by atoms with Gasteiger partial charge >= 0.3 is 0 Å². The van der Waals surface area contributed by atoms with Crippen molar-refractivity contribution in [2.75, 3.05) is 6.54 Å². The second kappa shape index (κ2) is 5.01. The summed E-state index contributed by atoms with van der Waals surface area (Å²) in [6.45, 7) is 4.13. The molecule has 3 unspecified atom stereocenters. The van der Waals surface area contributed by atoms with E-state index in [9.17, 15) is 14.4 Å². The van der Waals surface area contributed by atoms with Crippen molar-refractivity contribution in [3.8, 4) is 0 Å². The summed E-state index contributed by atoms with van der Waals surface area (Å²) >= 11 is 6.62. The third-order valence-corrected chi connectivity index (χ3v) is 5.50. The SMILES string of the molecule is CC1(C)C(C=C(Br)Br)C1C(=O)C1C(=O)CN(C2CC2)C1=O. The first-order chi connectivity index (χ1) is 9.75. The van der Waals surface area contributed by atoms with Crippen LogP contribution in [0, 0.1) is 23.2 Å². The quantitative estimate of drug-likeness (QED) is 0.659. The highest BCUT2D eigenvalue weighted by Gasteiger charge is 2.64.